The predicted molar refractivity (Wildman–Crippen MR) is 35.0 cm³/mol. The monoisotopic (exact) mass is 119 g/mol. The summed E-state index contributed by atoms with van der Waals surface area (Å²) < 4.78 is 0. The minimum atomic E-state index is -0.167. The zero-order chi connectivity index (χ0) is 6.57. The summed E-state index contributed by atoms with van der Waals surface area (Å²) in [6.45, 7) is 2.52. The van der Waals surface area contributed by atoms with E-state index >= 15 is 0 Å². The fourth-order valence-electron chi connectivity index (χ4n) is 0.406. The van der Waals surface area contributed by atoms with Crippen molar-refractivity contribution >= 4 is 0 Å². The van der Waals surface area contributed by atoms with Crippen LogP contribution < -0.4 is 11.1 Å². The van der Waals surface area contributed by atoms with Crippen molar-refractivity contribution in [3.05, 3.63) is 0 Å². The van der Waals surface area contributed by atoms with Crippen LogP contribution in [0.2, 0.25) is 0 Å². The second-order valence-electron chi connectivity index (χ2n) is 2.02. The van der Waals surface area contributed by atoms with Crippen molar-refractivity contribution in [1.82, 2.24) is 5.32 Å². The van der Waals surface area contributed by atoms with Gasteiger partial charge in [-0.3, -0.25) is 0 Å². The normalized spacial score (nSPS) is 18.0. The lowest BCUT2D eigenvalue weighted by molar-refractivity contribution is 0.151. The topological polar surface area (TPSA) is 61.0 Å². The molecule has 0 rings (SSSR count). The second kappa shape index (κ2) is 3.83. The zero-order valence-electron chi connectivity index (χ0n) is 5.44. The van der Waals surface area contributed by atoms with Gasteiger partial charge in [-0.15, -0.1) is 0 Å². The lowest BCUT2D eigenvalue weighted by Crippen LogP contribution is -2.38. The molecule has 0 saturated heterocycles. The Balaban J connectivity index is 3.17. The maximum absolute atomic E-state index is 7.24. The van der Waals surface area contributed by atoms with Crippen LogP contribution in [-0.4, -0.2) is 30.8 Å². The summed E-state index contributed by atoms with van der Waals surface area (Å²) in [4.78, 5) is 0. The van der Waals surface area contributed by atoms with Gasteiger partial charge in [0, 0.05) is 0 Å². The Morgan fingerprint density at radius 3 is 2.38 bits per heavy atom. The van der Waals surface area contributed by atoms with Crippen LogP contribution in [-0.2, 0) is 0 Å². The summed E-state index contributed by atoms with van der Waals surface area (Å²) in [5.74, 6) is 0. The van der Waals surface area contributed by atoms with Crippen molar-refractivity contribution in [3.63, 3.8) is 0 Å². The van der Waals surface area contributed by atoms with E-state index in [4.69, 9.17) is 10.8 Å². The molecule has 0 spiro atoms. The molecule has 0 aromatic rings. The lowest BCUT2D eigenvalue weighted by atomic mass is 10.2. The second-order valence-corrected chi connectivity index (χ2v) is 2.02. The van der Waals surface area contributed by atoms with Gasteiger partial charge in [-0.1, -0.05) is 0 Å². The average molecular weight is 119 g/mol. The number of likely N-dealkylation sites (N-methyl/N-ethyl adjacent to an activating group) is 1. The molecule has 0 amide bonds. The van der Waals surface area contributed by atoms with Crippen LogP contribution in [0.1, 0.15) is 6.92 Å². The van der Waals surface area contributed by atoms with Crippen LogP contribution in [0.5, 0.6) is 0 Å². The molecule has 3 nitrogen and oxygen atoms in total. The van der Waals surface area contributed by atoms with E-state index in [-0.39, 0.29) is 12.1 Å². The molecule has 0 fully saturated rings. The predicted octanol–water partition coefficient (Wildman–Crippen LogP) is -1.35. The third-order valence-corrected chi connectivity index (χ3v) is 1.06. The van der Waals surface area contributed by atoms with E-state index in [0.717, 1.165) is 0 Å². The lowest BCUT2D eigenvalue weighted by Gasteiger charge is -2.08. The fraction of sp³-hybridized carbons (Fsp3) is 1.00. The van der Waals surface area contributed by atoms with E-state index in [9.17, 15) is 0 Å². The molecule has 0 aliphatic heterocycles. The van der Waals surface area contributed by atoms with Crippen LogP contribution >= 0.6 is 0 Å². The largest absolute Gasteiger partial charge is 0.441 e. The minimum absolute atomic E-state index is 0.0255. The van der Waals surface area contributed by atoms with Crippen LogP contribution in [0.15, 0.2) is 0 Å². The molecule has 3 heteroatoms. The molecule has 0 bridgehead atoms. The molecule has 50 valence electrons. The van der Waals surface area contributed by atoms with E-state index in [0.29, 0.717) is 6.54 Å². The van der Waals surface area contributed by atoms with Gasteiger partial charge in [0.2, 0.25) is 0 Å². The summed E-state index contributed by atoms with van der Waals surface area (Å²) in [5, 5.41) is 10.1. The third kappa shape index (κ3) is 2.96. The SMILES string of the molecule is CNCC([OH2+])C(C)N. The molecular formula is C5H15N2O+. The fourth-order valence-corrected chi connectivity index (χ4v) is 0.406. The molecule has 0 aromatic carbocycles. The Bertz CT molecular complexity index is 56.4. The van der Waals surface area contributed by atoms with Crippen LogP contribution in [0, 0.1) is 0 Å². The van der Waals surface area contributed by atoms with Gasteiger partial charge in [0.05, 0.1) is 12.6 Å². The van der Waals surface area contributed by atoms with Crippen molar-refractivity contribution in [2.75, 3.05) is 13.6 Å². The van der Waals surface area contributed by atoms with Crippen LogP contribution in [0.4, 0.5) is 0 Å². The van der Waals surface area contributed by atoms with Gasteiger partial charge in [0.1, 0.15) is 0 Å². The Hall–Kier alpha value is -0.120. The van der Waals surface area contributed by atoms with Gasteiger partial charge in [-0.25, -0.2) is 0 Å². The first-order valence-corrected chi connectivity index (χ1v) is 2.79. The number of hydrogen-bond donors (Lipinski definition) is 2. The highest BCUT2D eigenvalue weighted by Gasteiger charge is 2.11. The van der Waals surface area contributed by atoms with E-state index in [1.165, 1.54) is 0 Å². The third-order valence-electron chi connectivity index (χ3n) is 1.06. The molecule has 0 aliphatic carbocycles. The van der Waals surface area contributed by atoms with E-state index in [1.54, 1.807) is 0 Å². The molecule has 8 heavy (non-hydrogen) atoms. The van der Waals surface area contributed by atoms with Crippen molar-refractivity contribution in [2.45, 2.75) is 19.1 Å². The van der Waals surface area contributed by atoms with Crippen molar-refractivity contribution in [2.24, 2.45) is 5.73 Å². The highest BCUT2D eigenvalue weighted by molar-refractivity contribution is 4.66. The maximum atomic E-state index is 7.24. The van der Waals surface area contributed by atoms with E-state index < -0.39 is 0 Å². The van der Waals surface area contributed by atoms with Crippen molar-refractivity contribution in [1.29, 1.82) is 0 Å². The Kier molecular flexibility index (Phi) is 3.77. The first-order chi connectivity index (χ1) is 3.68. The number of hydrogen-bond acceptors (Lipinski definition) is 2. The molecule has 2 unspecified atom stereocenters. The minimum Gasteiger partial charge on any atom is -0.441 e. The summed E-state index contributed by atoms with van der Waals surface area (Å²) >= 11 is 0. The molecule has 0 aromatic heterocycles. The summed E-state index contributed by atoms with van der Waals surface area (Å²) in [5.41, 5.74) is 5.39. The summed E-state index contributed by atoms with van der Waals surface area (Å²) in [6.07, 6.45) is -0.167. The highest BCUT2D eigenvalue weighted by atomic mass is 16.3. The number of rotatable bonds is 3. The molecule has 0 heterocycles. The number of nitrogens with one attached hydrogen (secondary N) is 1. The van der Waals surface area contributed by atoms with E-state index in [2.05, 4.69) is 5.32 Å². The van der Waals surface area contributed by atoms with Crippen molar-refractivity contribution in [3.8, 4) is 0 Å². The molecular weight excluding hydrogens is 104 g/mol. The molecule has 0 saturated carbocycles. The maximum Gasteiger partial charge on any atom is 0.181 e. The Morgan fingerprint density at radius 1 is 1.75 bits per heavy atom. The molecule has 2 atom stereocenters. The van der Waals surface area contributed by atoms with Gasteiger partial charge in [-0.2, -0.15) is 0 Å². The zero-order valence-corrected chi connectivity index (χ0v) is 5.44. The van der Waals surface area contributed by atoms with Gasteiger partial charge in [0.25, 0.3) is 0 Å². The van der Waals surface area contributed by atoms with E-state index in [1.807, 2.05) is 14.0 Å². The standard InChI is InChI=1S/C5H14N2O/c1-4(6)5(8)3-7-2/h4-5,7-8H,3,6H2,1-2H3/p+1. The summed E-state index contributed by atoms with van der Waals surface area (Å²) in [6, 6.07) is -0.0255. The highest BCUT2D eigenvalue weighted by Crippen LogP contribution is 1.83. The van der Waals surface area contributed by atoms with Crippen LogP contribution in [0.3, 0.4) is 0 Å². The average Bonchev–Trinajstić information content (AvgIpc) is 1.67. The first kappa shape index (κ1) is 7.88. The number of nitrogens with two attached hydrogens (primary N) is 1. The smallest absolute Gasteiger partial charge is 0.181 e. The van der Waals surface area contributed by atoms with Gasteiger partial charge in [-0.05, 0) is 14.0 Å². The van der Waals surface area contributed by atoms with Gasteiger partial charge in [0.15, 0.2) is 6.10 Å². The Morgan fingerprint density at radius 2 is 2.25 bits per heavy atom. The van der Waals surface area contributed by atoms with Gasteiger partial charge >= 0.3 is 0 Å². The molecule has 5 N–H and O–H groups in total. The van der Waals surface area contributed by atoms with Gasteiger partial charge < -0.3 is 16.2 Å². The molecule has 0 radical (unpaired) electrons. The van der Waals surface area contributed by atoms with Crippen molar-refractivity contribution < 1.29 is 5.11 Å². The molecule has 0 aliphatic rings. The summed E-state index contributed by atoms with van der Waals surface area (Å²) in [7, 11) is 1.82. The Labute approximate surface area is 49.9 Å². The first-order valence-electron chi connectivity index (χ1n) is 2.79. The van der Waals surface area contributed by atoms with Crippen LogP contribution in [0.25, 0.3) is 0 Å². The quantitative estimate of drug-likeness (QED) is 0.451.